The van der Waals surface area contributed by atoms with Gasteiger partial charge in [0.15, 0.2) is 0 Å². The van der Waals surface area contributed by atoms with Crippen molar-refractivity contribution in [3.8, 4) is 0 Å². The molecule has 0 amide bonds. The lowest BCUT2D eigenvalue weighted by Crippen LogP contribution is -2.19. The summed E-state index contributed by atoms with van der Waals surface area (Å²) >= 11 is 0. The summed E-state index contributed by atoms with van der Waals surface area (Å²) in [6, 6.07) is 6.59. The summed E-state index contributed by atoms with van der Waals surface area (Å²) in [5.41, 5.74) is 9.97. The predicted octanol–water partition coefficient (Wildman–Crippen LogP) is 4.84. The molecule has 19 heavy (non-hydrogen) atoms. The largest absolute Gasteiger partial charge is 0.330 e. The van der Waals surface area contributed by atoms with Gasteiger partial charge in [0.1, 0.15) is 0 Å². The molecule has 1 aromatic carbocycles. The average molecular weight is 257 g/mol. The van der Waals surface area contributed by atoms with Crippen molar-refractivity contribution in [3.63, 3.8) is 0 Å². The van der Waals surface area contributed by atoms with Crippen LogP contribution in [0.2, 0.25) is 0 Å². The van der Waals surface area contributed by atoms with Gasteiger partial charge >= 0.3 is 0 Å². The molecule has 0 bridgehead atoms. The molecule has 0 heterocycles. The highest BCUT2D eigenvalue weighted by atomic mass is 14.6. The van der Waals surface area contributed by atoms with Crippen molar-refractivity contribution in [3.05, 3.63) is 47.5 Å². The molecule has 1 nitrogen and oxygen atoms in total. The molecule has 0 radical (unpaired) electrons. The highest BCUT2D eigenvalue weighted by Crippen LogP contribution is 2.31. The molecule has 1 atom stereocenters. The highest BCUT2D eigenvalue weighted by Gasteiger charge is 2.19. The van der Waals surface area contributed by atoms with E-state index >= 15 is 0 Å². The topological polar surface area (TPSA) is 26.0 Å². The third-order valence-electron chi connectivity index (χ3n) is 3.29. The highest BCUT2D eigenvalue weighted by molar-refractivity contribution is 5.65. The van der Waals surface area contributed by atoms with Gasteiger partial charge < -0.3 is 5.73 Å². The smallest absolute Gasteiger partial charge is 0.000803 e. The zero-order valence-electron chi connectivity index (χ0n) is 12.7. The van der Waals surface area contributed by atoms with Gasteiger partial charge in [0, 0.05) is 0 Å². The Morgan fingerprint density at radius 2 is 1.95 bits per heavy atom. The first kappa shape index (κ1) is 15.7. The van der Waals surface area contributed by atoms with E-state index in [-0.39, 0.29) is 0 Å². The van der Waals surface area contributed by atoms with Crippen molar-refractivity contribution < 1.29 is 0 Å². The molecule has 0 spiro atoms. The molecular formula is C18H27N. The lowest BCUT2D eigenvalue weighted by Gasteiger charge is -2.25. The minimum absolute atomic E-state index is 0.292. The van der Waals surface area contributed by atoms with Gasteiger partial charge in [-0.3, -0.25) is 0 Å². The van der Waals surface area contributed by atoms with Gasteiger partial charge in [-0.2, -0.15) is 0 Å². The summed E-state index contributed by atoms with van der Waals surface area (Å²) in [7, 11) is 0. The number of benzene rings is 1. The van der Waals surface area contributed by atoms with Crippen molar-refractivity contribution >= 4 is 12.2 Å². The summed E-state index contributed by atoms with van der Waals surface area (Å²) < 4.78 is 0. The zero-order chi connectivity index (χ0) is 14.5. The fraction of sp³-hybridized carbons (Fsp3) is 0.444. The Bertz CT molecular complexity index is 449. The van der Waals surface area contributed by atoms with E-state index in [2.05, 4.69) is 57.7 Å². The molecule has 0 aliphatic rings. The average Bonchev–Trinajstić information content (AvgIpc) is 2.36. The van der Waals surface area contributed by atoms with Crippen molar-refractivity contribution in [2.75, 3.05) is 6.54 Å². The second-order valence-corrected chi connectivity index (χ2v) is 6.29. The number of rotatable bonds is 5. The van der Waals surface area contributed by atoms with Crippen LogP contribution >= 0.6 is 0 Å². The van der Waals surface area contributed by atoms with Crippen LogP contribution in [-0.4, -0.2) is 6.54 Å². The lowest BCUT2D eigenvalue weighted by molar-refractivity contribution is 0.342. The van der Waals surface area contributed by atoms with E-state index in [0.717, 1.165) is 6.42 Å². The standard InChI is InChI=1S/C18H27N/c1-6-8-15-9-10-16(11-14(15)7-2)17(13-19)12-18(3,4)5/h6-11,17H,2,12-13,19H2,1,3-5H3/b8-6-. The molecule has 0 aromatic heterocycles. The molecule has 0 aliphatic carbocycles. The van der Waals surface area contributed by atoms with E-state index in [0.29, 0.717) is 17.9 Å². The van der Waals surface area contributed by atoms with Crippen LogP contribution in [-0.2, 0) is 0 Å². The second kappa shape index (κ2) is 6.72. The Labute approximate surface area is 118 Å². The van der Waals surface area contributed by atoms with E-state index in [9.17, 15) is 0 Å². The quantitative estimate of drug-likeness (QED) is 0.802. The van der Waals surface area contributed by atoms with Gasteiger partial charge in [-0.05, 0) is 47.9 Å². The van der Waals surface area contributed by atoms with Crippen LogP contribution in [0.3, 0.4) is 0 Å². The minimum Gasteiger partial charge on any atom is -0.330 e. The molecule has 2 N–H and O–H groups in total. The minimum atomic E-state index is 0.292. The van der Waals surface area contributed by atoms with E-state index < -0.39 is 0 Å². The van der Waals surface area contributed by atoms with Crippen molar-refractivity contribution in [1.29, 1.82) is 0 Å². The Kier molecular flexibility index (Phi) is 5.56. The molecule has 104 valence electrons. The van der Waals surface area contributed by atoms with Crippen LogP contribution in [0.15, 0.2) is 30.9 Å². The van der Waals surface area contributed by atoms with Gasteiger partial charge in [0.05, 0.1) is 0 Å². The van der Waals surface area contributed by atoms with Crippen molar-refractivity contribution in [2.45, 2.75) is 40.0 Å². The molecule has 1 unspecified atom stereocenters. The molecule has 0 saturated heterocycles. The van der Waals surface area contributed by atoms with E-state index in [1.807, 2.05) is 13.0 Å². The Hall–Kier alpha value is -1.34. The predicted molar refractivity (Wildman–Crippen MR) is 87.1 cm³/mol. The maximum Gasteiger partial charge on any atom is -0.000803 e. The third kappa shape index (κ3) is 4.68. The first-order valence-corrected chi connectivity index (χ1v) is 7.00. The maximum absolute atomic E-state index is 5.96. The van der Waals surface area contributed by atoms with Gasteiger partial charge in [-0.15, -0.1) is 0 Å². The number of hydrogen-bond acceptors (Lipinski definition) is 1. The normalized spacial score (nSPS) is 13.7. The molecule has 1 heteroatoms. The van der Waals surface area contributed by atoms with E-state index in [1.54, 1.807) is 0 Å². The maximum atomic E-state index is 5.96. The third-order valence-corrected chi connectivity index (χ3v) is 3.29. The van der Waals surface area contributed by atoms with E-state index in [1.165, 1.54) is 16.7 Å². The van der Waals surface area contributed by atoms with Gasteiger partial charge in [-0.25, -0.2) is 0 Å². The van der Waals surface area contributed by atoms with Gasteiger partial charge in [-0.1, -0.05) is 63.8 Å². The molecule has 0 aliphatic heterocycles. The summed E-state index contributed by atoms with van der Waals surface area (Å²) in [5, 5.41) is 0. The summed E-state index contributed by atoms with van der Waals surface area (Å²) in [6.45, 7) is 13.4. The number of nitrogens with two attached hydrogens (primary N) is 1. The molecular weight excluding hydrogens is 230 g/mol. The van der Waals surface area contributed by atoms with Crippen LogP contribution in [0.25, 0.3) is 12.2 Å². The van der Waals surface area contributed by atoms with Crippen molar-refractivity contribution in [2.24, 2.45) is 11.1 Å². The lowest BCUT2D eigenvalue weighted by atomic mass is 9.81. The first-order chi connectivity index (χ1) is 8.91. The first-order valence-electron chi connectivity index (χ1n) is 7.00. The number of allylic oxidation sites excluding steroid dienone is 1. The van der Waals surface area contributed by atoms with Crippen LogP contribution < -0.4 is 5.73 Å². The van der Waals surface area contributed by atoms with Crippen LogP contribution in [0, 0.1) is 5.41 Å². The zero-order valence-corrected chi connectivity index (χ0v) is 12.7. The summed E-state index contributed by atoms with van der Waals surface area (Å²) in [6.07, 6.45) is 7.19. The van der Waals surface area contributed by atoms with Gasteiger partial charge in [0.2, 0.25) is 0 Å². The van der Waals surface area contributed by atoms with E-state index in [4.69, 9.17) is 5.73 Å². The molecule has 1 aromatic rings. The Balaban J connectivity index is 3.09. The van der Waals surface area contributed by atoms with Crippen LogP contribution in [0.1, 0.15) is 56.7 Å². The number of hydrogen-bond donors (Lipinski definition) is 1. The summed E-state index contributed by atoms with van der Waals surface area (Å²) in [5.74, 6) is 0.415. The fourth-order valence-electron chi connectivity index (χ4n) is 2.43. The Morgan fingerprint density at radius 1 is 1.26 bits per heavy atom. The van der Waals surface area contributed by atoms with Crippen LogP contribution in [0.4, 0.5) is 0 Å². The molecule has 1 rings (SSSR count). The second-order valence-electron chi connectivity index (χ2n) is 6.29. The van der Waals surface area contributed by atoms with Gasteiger partial charge in [0.25, 0.3) is 0 Å². The summed E-state index contributed by atoms with van der Waals surface area (Å²) in [4.78, 5) is 0. The molecule has 0 saturated carbocycles. The fourth-order valence-corrected chi connectivity index (χ4v) is 2.43. The monoisotopic (exact) mass is 257 g/mol. The Morgan fingerprint density at radius 3 is 2.42 bits per heavy atom. The SMILES string of the molecule is C=Cc1cc(C(CN)CC(C)(C)C)ccc1/C=C\C. The molecule has 0 fully saturated rings. The van der Waals surface area contributed by atoms with Crippen LogP contribution in [0.5, 0.6) is 0 Å². The van der Waals surface area contributed by atoms with Crippen molar-refractivity contribution in [1.82, 2.24) is 0 Å².